The number of aryl methyl sites for hydroxylation is 1. The molecule has 0 heterocycles. The van der Waals surface area contributed by atoms with Gasteiger partial charge in [0, 0.05) is 25.8 Å². The van der Waals surface area contributed by atoms with Gasteiger partial charge >= 0.3 is 0 Å². The van der Waals surface area contributed by atoms with Gasteiger partial charge in [-0.2, -0.15) is 0 Å². The molecule has 28 heavy (non-hydrogen) atoms. The first kappa shape index (κ1) is 22.6. The third kappa shape index (κ3) is 6.76. The third-order valence-electron chi connectivity index (χ3n) is 3.92. The summed E-state index contributed by atoms with van der Waals surface area (Å²) in [6.07, 6.45) is 1.44. The quantitative estimate of drug-likeness (QED) is 0.550. The van der Waals surface area contributed by atoms with E-state index in [0.29, 0.717) is 23.0 Å². The second-order valence-corrected chi connectivity index (χ2v) is 8.61. The van der Waals surface area contributed by atoms with Gasteiger partial charge in [0.2, 0.25) is 10.0 Å². The molecule has 2 aromatic carbocycles. The summed E-state index contributed by atoms with van der Waals surface area (Å²) in [5, 5.41) is 3.80. The van der Waals surface area contributed by atoms with Crippen molar-refractivity contribution in [3.63, 3.8) is 0 Å². The number of ether oxygens (including phenoxy) is 1. The fraction of sp³-hybridized carbons (Fsp3) is 0.316. The highest BCUT2D eigenvalue weighted by Gasteiger charge is 2.15. The molecule has 0 saturated heterocycles. The first-order valence-electron chi connectivity index (χ1n) is 8.64. The molecule has 1 amide bonds. The van der Waals surface area contributed by atoms with Crippen LogP contribution in [0.2, 0.25) is 10.0 Å². The zero-order chi connectivity index (χ0) is 20.6. The Hall–Kier alpha value is -1.64. The normalized spacial score (nSPS) is 11.4. The SMILES string of the molecule is COCCNS(=O)(=O)c1cccc(C(=O)NCCCc2ccc(Cl)c(Cl)c2)c1. The number of hydrogen-bond acceptors (Lipinski definition) is 4. The summed E-state index contributed by atoms with van der Waals surface area (Å²) in [5.74, 6) is -0.330. The summed E-state index contributed by atoms with van der Waals surface area (Å²) >= 11 is 11.9. The molecule has 0 spiro atoms. The average Bonchev–Trinajstić information content (AvgIpc) is 2.68. The van der Waals surface area contributed by atoms with Crippen molar-refractivity contribution < 1.29 is 17.9 Å². The van der Waals surface area contributed by atoms with Crippen LogP contribution in [0.1, 0.15) is 22.3 Å². The molecule has 0 aliphatic heterocycles. The van der Waals surface area contributed by atoms with Crippen LogP contribution in [0.4, 0.5) is 0 Å². The Kier molecular flexibility index (Phi) is 8.72. The van der Waals surface area contributed by atoms with E-state index in [1.54, 1.807) is 18.2 Å². The lowest BCUT2D eigenvalue weighted by molar-refractivity contribution is 0.0953. The molecule has 2 rings (SSSR count). The van der Waals surface area contributed by atoms with Crippen LogP contribution in [0.15, 0.2) is 47.4 Å². The molecule has 0 aliphatic rings. The van der Waals surface area contributed by atoms with Gasteiger partial charge in [-0.15, -0.1) is 0 Å². The minimum atomic E-state index is -3.69. The van der Waals surface area contributed by atoms with Gasteiger partial charge in [-0.1, -0.05) is 35.3 Å². The lowest BCUT2D eigenvalue weighted by Crippen LogP contribution is -2.28. The Morgan fingerprint density at radius 2 is 1.86 bits per heavy atom. The van der Waals surface area contributed by atoms with E-state index < -0.39 is 10.0 Å². The third-order valence-corrected chi connectivity index (χ3v) is 6.11. The van der Waals surface area contributed by atoms with E-state index in [9.17, 15) is 13.2 Å². The summed E-state index contributed by atoms with van der Waals surface area (Å²) < 4.78 is 31.7. The van der Waals surface area contributed by atoms with Crippen LogP contribution in [-0.4, -0.2) is 41.1 Å². The lowest BCUT2D eigenvalue weighted by atomic mass is 10.1. The molecule has 0 radical (unpaired) electrons. The zero-order valence-corrected chi connectivity index (χ0v) is 17.7. The van der Waals surface area contributed by atoms with Crippen LogP contribution in [0.5, 0.6) is 0 Å². The fourth-order valence-electron chi connectivity index (χ4n) is 2.46. The number of sulfonamides is 1. The smallest absolute Gasteiger partial charge is 0.251 e. The minimum absolute atomic E-state index is 0.0343. The molecule has 0 bridgehead atoms. The van der Waals surface area contributed by atoms with Gasteiger partial charge in [0.25, 0.3) is 5.91 Å². The first-order valence-corrected chi connectivity index (χ1v) is 10.9. The second kappa shape index (κ2) is 10.8. The largest absolute Gasteiger partial charge is 0.383 e. The number of hydrogen-bond donors (Lipinski definition) is 2. The van der Waals surface area contributed by atoms with E-state index >= 15 is 0 Å². The topological polar surface area (TPSA) is 84.5 Å². The van der Waals surface area contributed by atoms with Gasteiger partial charge in [0.15, 0.2) is 0 Å². The van der Waals surface area contributed by atoms with Crippen LogP contribution in [-0.2, 0) is 21.2 Å². The lowest BCUT2D eigenvalue weighted by Gasteiger charge is -2.09. The number of amides is 1. The maximum atomic E-state index is 12.3. The van der Waals surface area contributed by atoms with Crippen molar-refractivity contribution in [1.82, 2.24) is 10.0 Å². The van der Waals surface area contributed by atoms with Crippen molar-refractivity contribution >= 4 is 39.1 Å². The molecule has 0 unspecified atom stereocenters. The number of benzene rings is 2. The van der Waals surface area contributed by atoms with Crippen molar-refractivity contribution in [2.24, 2.45) is 0 Å². The standard InChI is InChI=1S/C19H22Cl2N2O4S/c1-27-11-10-23-28(25,26)16-6-2-5-15(13-16)19(24)22-9-3-4-14-7-8-17(20)18(21)12-14/h2,5-8,12-13,23H,3-4,9-11H2,1H3,(H,22,24). The molecule has 2 aromatic rings. The molecule has 0 aromatic heterocycles. The summed E-state index contributed by atoms with van der Waals surface area (Å²) in [6.45, 7) is 0.865. The summed E-state index contributed by atoms with van der Waals surface area (Å²) in [6, 6.07) is 11.3. The Labute approximate surface area is 175 Å². The van der Waals surface area contributed by atoms with Gasteiger partial charge in [-0.05, 0) is 48.7 Å². The Bertz CT molecular complexity index is 920. The average molecular weight is 445 g/mol. The maximum Gasteiger partial charge on any atom is 0.251 e. The molecular weight excluding hydrogens is 423 g/mol. The predicted molar refractivity (Wildman–Crippen MR) is 111 cm³/mol. The van der Waals surface area contributed by atoms with Crippen molar-refractivity contribution in [1.29, 1.82) is 0 Å². The Balaban J connectivity index is 1.89. The minimum Gasteiger partial charge on any atom is -0.383 e. The summed E-state index contributed by atoms with van der Waals surface area (Å²) in [4.78, 5) is 12.3. The van der Waals surface area contributed by atoms with Gasteiger partial charge < -0.3 is 10.1 Å². The van der Waals surface area contributed by atoms with Crippen LogP contribution in [0, 0.1) is 0 Å². The molecule has 0 aliphatic carbocycles. The van der Waals surface area contributed by atoms with E-state index in [0.717, 1.165) is 12.0 Å². The van der Waals surface area contributed by atoms with Gasteiger partial charge in [-0.3, -0.25) is 4.79 Å². The molecule has 6 nitrogen and oxygen atoms in total. The highest BCUT2D eigenvalue weighted by molar-refractivity contribution is 7.89. The van der Waals surface area contributed by atoms with Crippen LogP contribution in [0.25, 0.3) is 0 Å². The van der Waals surface area contributed by atoms with E-state index in [2.05, 4.69) is 10.0 Å². The summed E-state index contributed by atoms with van der Waals surface area (Å²) in [5.41, 5.74) is 1.31. The first-order chi connectivity index (χ1) is 13.3. The molecule has 9 heteroatoms. The molecule has 0 fully saturated rings. The number of nitrogens with one attached hydrogen (secondary N) is 2. The Morgan fingerprint density at radius 1 is 1.07 bits per heavy atom. The molecule has 0 saturated carbocycles. The maximum absolute atomic E-state index is 12.3. The number of rotatable bonds is 10. The van der Waals surface area contributed by atoms with Crippen molar-refractivity contribution in [3.8, 4) is 0 Å². The van der Waals surface area contributed by atoms with Crippen LogP contribution < -0.4 is 10.0 Å². The van der Waals surface area contributed by atoms with E-state index in [1.165, 1.54) is 25.3 Å². The van der Waals surface area contributed by atoms with Gasteiger partial charge in [0.05, 0.1) is 21.5 Å². The molecule has 2 N–H and O–H groups in total. The van der Waals surface area contributed by atoms with Crippen LogP contribution in [0.3, 0.4) is 0 Å². The fourth-order valence-corrected chi connectivity index (χ4v) is 3.84. The molecular formula is C19H22Cl2N2O4S. The zero-order valence-electron chi connectivity index (χ0n) is 15.4. The monoisotopic (exact) mass is 444 g/mol. The number of carbonyl (C=O) groups is 1. The number of halogens is 2. The van der Waals surface area contributed by atoms with Gasteiger partial charge in [-0.25, -0.2) is 13.1 Å². The van der Waals surface area contributed by atoms with Crippen LogP contribution >= 0.6 is 23.2 Å². The van der Waals surface area contributed by atoms with Crippen molar-refractivity contribution in [2.75, 3.05) is 26.8 Å². The molecule has 152 valence electrons. The Morgan fingerprint density at radius 3 is 2.57 bits per heavy atom. The highest BCUT2D eigenvalue weighted by atomic mass is 35.5. The predicted octanol–water partition coefficient (Wildman–Crippen LogP) is 3.28. The second-order valence-electron chi connectivity index (χ2n) is 6.03. The molecule has 0 atom stereocenters. The number of methoxy groups -OCH3 is 1. The van der Waals surface area contributed by atoms with Gasteiger partial charge in [0.1, 0.15) is 0 Å². The van der Waals surface area contributed by atoms with E-state index in [1.807, 2.05) is 6.07 Å². The number of carbonyl (C=O) groups excluding carboxylic acids is 1. The van der Waals surface area contributed by atoms with E-state index in [-0.39, 0.29) is 29.5 Å². The van der Waals surface area contributed by atoms with Crippen molar-refractivity contribution in [2.45, 2.75) is 17.7 Å². The van der Waals surface area contributed by atoms with E-state index in [4.69, 9.17) is 27.9 Å². The van der Waals surface area contributed by atoms with Crippen molar-refractivity contribution in [3.05, 3.63) is 63.6 Å². The highest BCUT2D eigenvalue weighted by Crippen LogP contribution is 2.23. The summed E-state index contributed by atoms with van der Waals surface area (Å²) in [7, 11) is -2.20.